The number of pyridine rings is 1. The maximum absolute atomic E-state index is 12.7. The number of esters is 1. The second-order valence-electron chi connectivity index (χ2n) is 9.46. The molecule has 1 amide bonds. The minimum absolute atomic E-state index is 0.203. The summed E-state index contributed by atoms with van der Waals surface area (Å²) < 4.78 is 18.0. The number of ether oxygens (including phenoxy) is 3. The normalized spacial score (nSPS) is 17.9. The number of aryl methyl sites for hydroxylation is 1. The highest BCUT2D eigenvalue weighted by Gasteiger charge is 2.42. The molecule has 11 heteroatoms. The second-order valence-corrected chi connectivity index (χ2v) is 9.46. The zero-order valence-electron chi connectivity index (χ0n) is 21.3. The van der Waals surface area contributed by atoms with Crippen molar-refractivity contribution in [3.8, 4) is 11.4 Å². The lowest BCUT2D eigenvalue weighted by atomic mass is 10.1. The highest BCUT2D eigenvalue weighted by molar-refractivity contribution is 5.82. The predicted molar refractivity (Wildman–Crippen MR) is 131 cm³/mol. The van der Waals surface area contributed by atoms with E-state index in [-0.39, 0.29) is 12.6 Å². The van der Waals surface area contributed by atoms with Crippen LogP contribution in [0.25, 0.3) is 11.4 Å². The number of carbonyl (C=O) groups excluding carboxylic acids is 2. The van der Waals surface area contributed by atoms with Crippen molar-refractivity contribution < 1.29 is 23.8 Å². The van der Waals surface area contributed by atoms with Crippen LogP contribution >= 0.6 is 0 Å². The van der Waals surface area contributed by atoms with E-state index >= 15 is 0 Å². The Morgan fingerprint density at radius 2 is 2.03 bits per heavy atom. The van der Waals surface area contributed by atoms with Gasteiger partial charge in [-0.1, -0.05) is 6.07 Å². The number of anilines is 1. The van der Waals surface area contributed by atoms with Gasteiger partial charge in [0.15, 0.2) is 0 Å². The quantitative estimate of drug-likeness (QED) is 0.404. The lowest BCUT2D eigenvalue weighted by Gasteiger charge is -2.27. The first-order chi connectivity index (χ1) is 16.6. The summed E-state index contributed by atoms with van der Waals surface area (Å²) in [6.07, 6.45) is 1.58. The van der Waals surface area contributed by atoms with Crippen LogP contribution in [0.1, 0.15) is 32.9 Å². The number of methoxy groups -OCH3 is 1. The molecule has 1 saturated heterocycles. The Labute approximate surface area is 206 Å². The number of imidazole rings is 1. The van der Waals surface area contributed by atoms with E-state index in [0.29, 0.717) is 25.5 Å². The molecule has 3 rings (SSSR count). The molecule has 3 heterocycles. The van der Waals surface area contributed by atoms with E-state index < -0.39 is 23.7 Å². The van der Waals surface area contributed by atoms with Crippen molar-refractivity contribution in [2.45, 2.75) is 51.5 Å². The maximum atomic E-state index is 12.7. The Morgan fingerprint density at radius 3 is 2.71 bits per heavy atom. The molecule has 0 radical (unpaired) electrons. The van der Waals surface area contributed by atoms with E-state index in [9.17, 15) is 9.59 Å². The molecule has 0 bridgehead atoms. The average molecular weight is 489 g/mol. The highest BCUT2D eigenvalue weighted by Crippen LogP contribution is 2.26. The largest absolute Gasteiger partial charge is 0.467 e. The van der Waals surface area contributed by atoms with Gasteiger partial charge in [-0.15, -0.1) is 0 Å². The molecule has 2 atom stereocenters. The van der Waals surface area contributed by atoms with Gasteiger partial charge >= 0.3 is 12.1 Å². The van der Waals surface area contributed by atoms with Crippen molar-refractivity contribution in [3.05, 3.63) is 30.2 Å². The number of aromatic nitrogens is 3. The fraction of sp³-hybridized carbons (Fsp3) is 0.583. The van der Waals surface area contributed by atoms with Gasteiger partial charge in [-0.05, 0) is 40.0 Å². The molecule has 1 aliphatic heterocycles. The topological polar surface area (TPSA) is 120 Å². The fourth-order valence-corrected chi connectivity index (χ4v) is 3.93. The number of likely N-dealkylation sites (N-methyl/N-ethyl adjacent to an activating group) is 1. The maximum Gasteiger partial charge on any atom is 0.411 e. The second kappa shape index (κ2) is 11.5. The van der Waals surface area contributed by atoms with Crippen LogP contribution in [0.15, 0.2) is 24.5 Å². The van der Waals surface area contributed by atoms with Gasteiger partial charge in [0.05, 0.1) is 43.7 Å². The van der Waals surface area contributed by atoms with Gasteiger partial charge in [0.2, 0.25) is 0 Å². The first-order valence-corrected chi connectivity index (χ1v) is 11.7. The third-order valence-electron chi connectivity index (χ3n) is 5.49. The van der Waals surface area contributed by atoms with E-state index in [4.69, 9.17) is 19.2 Å². The van der Waals surface area contributed by atoms with Crippen molar-refractivity contribution in [2.75, 3.05) is 39.2 Å². The van der Waals surface area contributed by atoms with Crippen molar-refractivity contribution in [1.82, 2.24) is 24.8 Å². The van der Waals surface area contributed by atoms with E-state index in [2.05, 4.69) is 15.6 Å². The molecule has 0 spiro atoms. The van der Waals surface area contributed by atoms with Crippen LogP contribution < -0.4 is 10.6 Å². The Morgan fingerprint density at radius 1 is 1.26 bits per heavy atom. The van der Waals surface area contributed by atoms with Gasteiger partial charge in [-0.3, -0.25) is 4.90 Å². The summed E-state index contributed by atoms with van der Waals surface area (Å²) in [4.78, 5) is 35.8. The molecule has 0 unspecified atom stereocenters. The SMILES string of the molecule is CNCCOCc1ncn(C)c1-c1cccc(N[C@H]2C[C@@H](C(=O)OC)N(C(=O)OC(C)(C)C)C2)n1. The molecule has 11 nitrogen and oxygen atoms in total. The molecule has 2 N–H and O–H groups in total. The number of nitrogens with zero attached hydrogens (tertiary/aromatic N) is 4. The van der Waals surface area contributed by atoms with Crippen molar-refractivity contribution >= 4 is 17.9 Å². The van der Waals surface area contributed by atoms with Crippen LogP contribution in [0.4, 0.5) is 10.6 Å². The van der Waals surface area contributed by atoms with E-state index in [1.165, 1.54) is 12.0 Å². The van der Waals surface area contributed by atoms with Crippen LogP contribution in [-0.4, -0.2) is 83.0 Å². The van der Waals surface area contributed by atoms with E-state index in [0.717, 1.165) is 23.6 Å². The summed E-state index contributed by atoms with van der Waals surface area (Å²) in [5.41, 5.74) is 1.74. The predicted octanol–water partition coefficient (Wildman–Crippen LogP) is 2.18. The number of carbonyl (C=O) groups is 2. The molecule has 192 valence electrons. The Kier molecular flexibility index (Phi) is 8.68. The third-order valence-corrected chi connectivity index (χ3v) is 5.49. The van der Waals surface area contributed by atoms with E-state index in [1.807, 2.05) is 36.9 Å². The molecule has 0 saturated carbocycles. The van der Waals surface area contributed by atoms with Crippen LogP contribution in [0, 0.1) is 0 Å². The Balaban J connectivity index is 1.75. The number of nitrogens with one attached hydrogen (secondary N) is 2. The van der Waals surface area contributed by atoms with Crippen LogP contribution in [0.5, 0.6) is 0 Å². The summed E-state index contributed by atoms with van der Waals surface area (Å²) in [7, 11) is 5.11. The third kappa shape index (κ3) is 6.92. The average Bonchev–Trinajstić information content (AvgIpc) is 3.39. The number of rotatable bonds is 9. The van der Waals surface area contributed by atoms with Crippen molar-refractivity contribution in [2.24, 2.45) is 7.05 Å². The Hall–Kier alpha value is -3.18. The monoisotopic (exact) mass is 488 g/mol. The standard InChI is InChI=1S/C24H36N6O5/c1-24(2,3)35-23(32)30-13-16(12-19(30)22(31)33-6)27-20-9-7-8-17(28-20)21-18(26-15-29(21)5)14-34-11-10-25-4/h7-9,15-16,19,25H,10-14H2,1-6H3,(H,27,28)/t16-,19-/m0/s1. The van der Waals surface area contributed by atoms with E-state index in [1.54, 1.807) is 27.1 Å². The van der Waals surface area contributed by atoms with Gasteiger partial charge in [0, 0.05) is 32.6 Å². The molecular weight excluding hydrogens is 452 g/mol. The van der Waals surface area contributed by atoms with Gasteiger partial charge in [-0.2, -0.15) is 0 Å². The van der Waals surface area contributed by atoms with Gasteiger partial charge < -0.3 is 29.4 Å². The first-order valence-electron chi connectivity index (χ1n) is 11.7. The van der Waals surface area contributed by atoms with Crippen LogP contribution in [-0.2, 0) is 32.7 Å². The molecule has 0 aliphatic carbocycles. The summed E-state index contributed by atoms with van der Waals surface area (Å²) in [6, 6.07) is 4.74. The van der Waals surface area contributed by atoms with Gasteiger partial charge in [0.1, 0.15) is 17.5 Å². The smallest absolute Gasteiger partial charge is 0.411 e. The molecule has 1 aliphatic rings. The van der Waals surface area contributed by atoms with Crippen LogP contribution in [0.3, 0.4) is 0 Å². The number of hydrogen-bond donors (Lipinski definition) is 2. The molecule has 2 aromatic heterocycles. The lowest BCUT2D eigenvalue weighted by Crippen LogP contribution is -2.44. The lowest BCUT2D eigenvalue weighted by molar-refractivity contribution is -0.145. The minimum atomic E-state index is -0.728. The van der Waals surface area contributed by atoms with Crippen molar-refractivity contribution in [3.63, 3.8) is 0 Å². The van der Waals surface area contributed by atoms with Crippen molar-refractivity contribution in [1.29, 1.82) is 0 Å². The number of hydrogen-bond acceptors (Lipinski definition) is 9. The number of amides is 1. The minimum Gasteiger partial charge on any atom is -0.467 e. The number of likely N-dealkylation sites (tertiary alicyclic amines) is 1. The zero-order valence-corrected chi connectivity index (χ0v) is 21.3. The first kappa shape index (κ1) is 26.4. The van der Waals surface area contributed by atoms with Gasteiger partial charge in [0.25, 0.3) is 0 Å². The fourth-order valence-electron chi connectivity index (χ4n) is 3.93. The molecule has 0 aromatic carbocycles. The van der Waals surface area contributed by atoms with Gasteiger partial charge in [-0.25, -0.2) is 19.6 Å². The molecule has 1 fully saturated rings. The summed E-state index contributed by atoms with van der Waals surface area (Å²) in [6.45, 7) is 7.38. The van der Waals surface area contributed by atoms with Crippen LogP contribution in [0.2, 0.25) is 0 Å². The molecule has 35 heavy (non-hydrogen) atoms. The molecular formula is C24H36N6O5. The highest BCUT2D eigenvalue weighted by atomic mass is 16.6. The summed E-state index contributed by atoms with van der Waals surface area (Å²) in [5, 5.41) is 6.41. The zero-order chi connectivity index (χ0) is 25.6. The molecule has 2 aromatic rings. The Bertz CT molecular complexity index is 1020. The summed E-state index contributed by atoms with van der Waals surface area (Å²) >= 11 is 0. The summed E-state index contributed by atoms with van der Waals surface area (Å²) in [5.74, 6) is 0.157.